The predicted octanol–water partition coefficient (Wildman–Crippen LogP) is 4.60. The third kappa shape index (κ3) is 3.62. The van der Waals surface area contributed by atoms with Crippen molar-refractivity contribution < 1.29 is 9.59 Å². The van der Waals surface area contributed by atoms with Gasteiger partial charge in [-0.05, 0) is 35.9 Å². The van der Waals surface area contributed by atoms with E-state index in [0.717, 1.165) is 33.9 Å². The summed E-state index contributed by atoms with van der Waals surface area (Å²) >= 11 is 0. The van der Waals surface area contributed by atoms with Crippen LogP contribution in [-0.2, 0) is 9.59 Å². The fourth-order valence-electron chi connectivity index (χ4n) is 3.34. The first-order valence-electron chi connectivity index (χ1n) is 9.36. The molecule has 0 unspecified atom stereocenters. The van der Waals surface area contributed by atoms with Crippen molar-refractivity contribution in [3.8, 4) is 0 Å². The Kier molecular flexibility index (Phi) is 4.87. The van der Waals surface area contributed by atoms with Gasteiger partial charge in [0.05, 0.1) is 11.3 Å². The van der Waals surface area contributed by atoms with E-state index in [1.807, 2.05) is 78.9 Å². The van der Waals surface area contributed by atoms with Crippen LogP contribution in [0, 0.1) is 0 Å². The Morgan fingerprint density at radius 2 is 1.55 bits per heavy atom. The molecule has 3 aromatic rings. The summed E-state index contributed by atoms with van der Waals surface area (Å²) in [4.78, 5) is 26.0. The fourth-order valence-corrected chi connectivity index (χ4v) is 3.34. The Hall–Kier alpha value is -3.86. The molecular formula is C24H21N3O2. The van der Waals surface area contributed by atoms with Gasteiger partial charge in [0.25, 0.3) is 5.91 Å². The number of rotatable bonds is 4. The van der Waals surface area contributed by atoms with Crippen LogP contribution in [0.5, 0.6) is 0 Å². The topological polar surface area (TPSA) is 61.4 Å². The van der Waals surface area contributed by atoms with Crippen LogP contribution in [0.15, 0.2) is 78.9 Å². The minimum atomic E-state index is -0.134. The van der Waals surface area contributed by atoms with Crippen molar-refractivity contribution in [1.29, 1.82) is 0 Å². The van der Waals surface area contributed by atoms with Gasteiger partial charge in [0.1, 0.15) is 0 Å². The van der Waals surface area contributed by atoms with Gasteiger partial charge in [0.2, 0.25) is 5.91 Å². The normalized spacial score (nSPS) is 14.1. The standard InChI is InChI=1S/C24H21N3O2/c1-16(28)27(2)19-14-12-18(13-15-19)25-23(17-8-4-3-5-9-17)22-20-10-6-7-11-21(20)26-24(22)29/h3-15,25H,1-2H3,(H,26,29)/b23-22-. The summed E-state index contributed by atoms with van der Waals surface area (Å²) in [6.45, 7) is 1.53. The van der Waals surface area contributed by atoms with Crippen LogP contribution >= 0.6 is 0 Å². The van der Waals surface area contributed by atoms with Gasteiger partial charge in [-0.2, -0.15) is 0 Å². The summed E-state index contributed by atoms with van der Waals surface area (Å²) in [7, 11) is 1.74. The molecule has 0 spiro atoms. The monoisotopic (exact) mass is 383 g/mol. The Morgan fingerprint density at radius 1 is 0.897 bits per heavy atom. The van der Waals surface area contributed by atoms with Crippen molar-refractivity contribution in [3.63, 3.8) is 0 Å². The lowest BCUT2D eigenvalue weighted by molar-refractivity contribution is -0.116. The van der Waals surface area contributed by atoms with E-state index in [9.17, 15) is 9.59 Å². The zero-order valence-corrected chi connectivity index (χ0v) is 16.3. The molecule has 29 heavy (non-hydrogen) atoms. The Morgan fingerprint density at radius 3 is 2.24 bits per heavy atom. The smallest absolute Gasteiger partial charge is 0.258 e. The zero-order chi connectivity index (χ0) is 20.4. The summed E-state index contributed by atoms with van der Waals surface area (Å²) < 4.78 is 0. The van der Waals surface area contributed by atoms with Crippen LogP contribution in [0.25, 0.3) is 11.3 Å². The molecule has 0 saturated heterocycles. The molecular weight excluding hydrogens is 362 g/mol. The van der Waals surface area contributed by atoms with Crippen molar-refractivity contribution in [2.75, 3.05) is 22.6 Å². The highest BCUT2D eigenvalue weighted by Crippen LogP contribution is 2.37. The molecule has 0 saturated carbocycles. The first-order chi connectivity index (χ1) is 14.0. The van der Waals surface area contributed by atoms with Gasteiger partial charge in [-0.1, -0.05) is 48.5 Å². The van der Waals surface area contributed by atoms with Crippen LogP contribution < -0.4 is 15.5 Å². The van der Waals surface area contributed by atoms with Crippen molar-refractivity contribution in [1.82, 2.24) is 0 Å². The Balaban J connectivity index is 1.78. The summed E-state index contributed by atoms with van der Waals surface area (Å²) in [5.41, 5.74) is 5.57. The lowest BCUT2D eigenvalue weighted by Gasteiger charge is -2.17. The molecule has 0 aromatic heterocycles. The molecule has 0 radical (unpaired) electrons. The minimum Gasteiger partial charge on any atom is -0.354 e. The quantitative estimate of drug-likeness (QED) is 0.647. The van der Waals surface area contributed by atoms with Gasteiger partial charge in [0, 0.05) is 36.6 Å². The molecule has 5 nitrogen and oxygen atoms in total. The molecule has 0 fully saturated rings. The van der Waals surface area contributed by atoms with Crippen LogP contribution in [0.1, 0.15) is 18.1 Å². The van der Waals surface area contributed by atoms with Crippen molar-refractivity contribution >= 4 is 40.1 Å². The van der Waals surface area contributed by atoms with E-state index in [-0.39, 0.29) is 11.8 Å². The number of hydrogen-bond donors (Lipinski definition) is 2. The van der Waals surface area contributed by atoms with Gasteiger partial charge < -0.3 is 15.5 Å². The number of anilines is 3. The van der Waals surface area contributed by atoms with Gasteiger partial charge >= 0.3 is 0 Å². The predicted molar refractivity (Wildman–Crippen MR) is 117 cm³/mol. The minimum absolute atomic E-state index is 0.0305. The van der Waals surface area contributed by atoms with E-state index in [1.165, 1.54) is 6.92 Å². The van der Waals surface area contributed by atoms with E-state index < -0.39 is 0 Å². The van der Waals surface area contributed by atoms with E-state index >= 15 is 0 Å². The first-order valence-corrected chi connectivity index (χ1v) is 9.36. The highest BCUT2D eigenvalue weighted by Gasteiger charge is 2.28. The highest BCUT2D eigenvalue weighted by molar-refractivity contribution is 6.37. The lowest BCUT2D eigenvalue weighted by Crippen LogP contribution is -2.22. The molecule has 2 amide bonds. The van der Waals surface area contributed by atoms with Crippen LogP contribution in [-0.4, -0.2) is 18.9 Å². The maximum Gasteiger partial charge on any atom is 0.258 e. The molecule has 144 valence electrons. The summed E-state index contributed by atoms with van der Waals surface area (Å²) in [6, 6.07) is 25.0. The number of carbonyl (C=O) groups is 2. The van der Waals surface area contributed by atoms with Crippen molar-refractivity contribution in [3.05, 3.63) is 90.0 Å². The molecule has 3 aromatic carbocycles. The molecule has 0 aliphatic carbocycles. The number of fused-ring (bicyclic) bond motifs is 1. The van der Waals surface area contributed by atoms with Crippen molar-refractivity contribution in [2.24, 2.45) is 0 Å². The number of carbonyl (C=O) groups excluding carboxylic acids is 2. The zero-order valence-electron chi connectivity index (χ0n) is 16.3. The van der Waals surface area contributed by atoms with E-state index in [4.69, 9.17) is 0 Å². The second-order valence-electron chi connectivity index (χ2n) is 6.87. The second kappa shape index (κ2) is 7.64. The molecule has 4 rings (SSSR count). The number of amides is 2. The van der Waals surface area contributed by atoms with E-state index in [2.05, 4.69) is 10.6 Å². The van der Waals surface area contributed by atoms with Crippen LogP contribution in [0.2, 0.25) is 0 Å². The average molecular weight is 383 g/mol. The maximum absolute atomic E-state index is 12.8. The number of hydrogen-bond acceptors (Lipinski definition) is 3. The van der Waals surface area contributed by atoms with E-state index in [1.54, 1.807) is 11.9 Å². The highest BCUT2D eigenvalue weighted by atomic mass is 16.2. The van der Waals surface area contributed by atoms with Gasteiger partial charge in [-0.25, -0.2) is 0 Å². The molecule has 1 heterocycles. The second-order valence-corrected chi connectivity index (χ2v) is 6.87. The van der Waals surface area contributed by atoms with Gasteiger partial charge in [0.15, 0.2) is 0 Å². The molecule has 2 N–H and O–H groups in total. The number of para-hydroxylation sites is 1. The largest absolute Gasteiger partial charge is 0.354 e. The number of nitrogens with one attached hydrogen (secondary N) is 2. The molecule has 5 heteroatoms. The Labute approximate surface area is 169 Å². The molecule has 0 bridgehead atoms. The SMILES string of the molecule is CC(=O)N(C)c1ccc(N/C(=C2\C(=O)Nc3ccccc32)c2ccccc2)cc1. The van der Waals surface area contributed by atoms with Crippen molar-refractivity contribution in [2.45, 2.75) is 6.92 Å². The van der Waals surface area contributed by atoms with E-state index in [0.29, 0.717) is 5.57 Å². The lowest BCUT2D eigenvalue weighted by atomic mass is 10.00. The molecule has 1 aliphatic heterocycles. The molecule has 0 atom stereocenters. The van der Waals surface area contributed by atoms with Crippen LogP contribution in [0.4, 0.5) is 17.1 Å². The number of benzene rings is 3. The average Bonchev–Trinajstić information content (AvgIpc) is 3.08. The Bertz CT molecular complexity index is 1100. The summed E-state index contributed by atoms with van der Waals surface area (Å²) in [5, 5.41) is 6.36. The summed E-state index contributed by atoms with van der Waals surface area (Å²) in [5.74, 6) is -0.164. The summed E-state index contributed by atoms with van der Waals surface area (Å²) in [6.07, 6.45) is 0. The fraction of sp³-hybridized carbons (Fsp3) is 0.0833. The maximum atomic E-state index is 12.8. The van der Waals surface area contributed by atoms with Crippen LogP contribution in [0.3, 0.4) is 0 Å². The van der Waals surface area contributed by atoms with Gasteiger partial charge in [-0.3, -0.25) is 9.59 Å². The third-order valence-corrected chi connectivity index (χ3v) is 4.98. The third-order valence-electron chi connectivity index (χ3n) is 4.98. The first kappa shape index (κ1) is 18.5. The molecule has 1 aliphatic rings. The number of nitrogens with zero attached hydrogens (tertiary/aromatic N) is 1. The van der Waals surface area contributed by atoms with Gasteiger partial charge in [-0.15, -0.1) is 0 Å².